The Morgan fingerprint density at radius 3 is 2.13 bits per heavy atom. The van der Waals surface area contributed by atoms with E-state index in [0.717, 1.165) is 27.8 Å². The van der Waals surface area contributed by atoms with Gasteiger partial charge in [0.25, 0.3) is 0 Å². The number of carbonyl (C=O) groups excluding carboxylic acids is 2. The summed E-state index contributed by atoms with van der Waals surface area (Å²) >= 11 is 0. The summed E-state index contributed by atoms with van der Waals surface area (Å²) in [4.78, 5) is 27.4. The fraction of sp³-hybridized carbons (Fsp3) is 0.0370. The number of hydrogen-bond donors (Lipinski definition) is 1. The molecule has 1 heterocycles. The van der Waals surface area contributed by atoms with E-state index in [1.807, 2.05) is 85.1 Å². The largest absolute Gasteiger partial charge is 0.457 e. The molecule has 4 aromatic rings. The monoisotopic (exact) mass is 407 g/mol. The van der Waals surface area contributed by atoms with Gasteiger partial charge >= 0.3 is 0 Å². The van der Waals surface area contributed by atoms with Gasteiger partial charge < -0.3 is 9.72 Å². The standard InChI is InChI=1S/C27H21NO3/c29-23(19-24(30)13-8-21-6-11-22-16-17-28-27(22)18-21)12-7-20-9-14-26(15-10-20)31-25-4-2-1-3-5-25/h1-18,28H,19H2/b12-7+,13-8+. The van der Waals surface area contributed by atoms with Crippen molar-refractivity contribution in [2.24, 2.45) is 0 Å². The van der Waals surface area contributed by atoms with Crippen LogP contribution in [0.5, 0.6) is 11.5 Å². The Morgan fingerprint density at radius 2 is 1.39 bits per heavy atom. The van der Waals surface area contributed by atoms with Crippen LogP contribution in [-0.4, -0.2) is 16.6 Å². The number of ether oxygens (including phenoxy) is 1. The van der Waals surface area contributed by atoms with Crippen molar-refractivity contribution in [2.75, 3.05) is 0 Å². The molecule has 4 rings (SSSR count). The first-order chi connectivity index (χ1) is 15.2. The number of H-pyrrole nitrogens is 1. The number of nitrogens with one attached hydrogen (secondary N) is 1. The molecule has 4 nitrogen and oxygen atoms in total. The van der Waals surface area contributed by atoms with Crippen LogP contribution in [0.4, 0.5) is 0 Å². The normalized spacial score (nSPS) is 11.4. The highest BCUT2D eigenvalue weighted by atomic mass is 16.5. The summed E-state index contributed by atoms with van der Waals surface area (Å²) < 4.78 is 5.75. The molecule has 0 radical (unpaired) electrons. The number of benzene rings is 3. The minimum atomic E-state index is -0.237. The Morgan fingerprint density at radius 1 is 0.742 bits per heavy atom. The summed E-state index contributed by atoms with van der Waals surface area (Å²) in [7, 11) is 0. The highest BCUT2D eigenvalue weighted by molar-refractivity contribution is 6.11. The smallest absolute Gasteiger partial charge is 0.163 e. The van der Waals surface area contributed by atoms with Gasteiger partial charge in [0.15, 0.2) is 11.6 Å². The number of ketones is 2. The number of aromatic nitrogens is 1. The summed E-state index contributed by atoms with van der Waals surface area (Å²) in [6.45, 7) is 0. The maximum absolute atomic E-state index is 12.1. The summed E-state index contributed by atoms with van der Waals surface area (Å²) in [5, 5.41) is 1.11. The second kappa shape index (κ2) is 9.55. The highest BCUT2D eigenvalue weighted by Crippen LogP contribution is 2.21. The number of carbonyl (C=O) groups is 2. The van der Waals surface area contributed by atoms with Gasteiger partial charge in [-0.15, -0.1) is 0 Å². The van der Waals surface area contributed by atoms with E-state index in [9.17, 15) is 9.59 Å². The van der Waals surface area contributed by atoms with Crippen molar-refractivity contribution in [3.05, 3.63) is 108 Å². The minimum absolute atomic E-state index is 0.160. The van der Waals surface area contributed by atoms with E-state index in [2.05, 4.69) is 4.98 Å². The maximum Gasteiger partial charge on any atom is 0.163 e. The lowest BCUT2D eigenvalue weighted by atomic mass is 10.1. The quantitative estimate of drug-likeness (QED) is 0.279. The van der Waals surface area contributed by atoms with E-state index in [-0.39, 0.29) is 18.0 Å². The van der Waals surface area contributed by atoms with E-state index < -0.39 is 0 Å². The average Bonchev–Trinajstić information content (AvgIpc) is 3.26. The number of hydrogen-bond acceptors (Lipinski definition) is 3. The van der Waals surface area contributed by atoms with Gasteiger partial charge in [-0.2, -0.15) is 0 Å². The predicted octanol–water partition coefficient (Wildman–Crippen LogP) is 6.22. The third kappa shape index (κ3) is 5.67. The van der Waals surface area contributed by atoms with Crippen molar-refractivity contribution in [3.63, 3.8) is 0 Å². The Bertz CT molecular complexity index is 1250. The van der Waals surface area contributed by atoms with Crippen molar-refractivity contribution < 1.29 is 14.3 Å². The van der Waals surface area contributed by atoms with Crippen LogP contribution < -0.4 is 4.74 Å². The summed E-state index contributed by atoms with van der Waals surface area (Å²) in [6.07, 6.45) is 8.02. The van der Waals surface area contributed by atoms with Gasteiger partial charge in [0.1, 0.15) is 11.5 Å². The number of rotatable bonds is 8. The molecule has 152 valence electrons. The lowest BCUT2D eigenvalue weighted by Crippen LogP contribution is -2.01. The molecule has 0 atom stereocenters. The fourth-order valence-corrected chi connectivity index (χ4v) is 3.11. The van der Waals surface area contributed by atoms with Crippen LogP contribution in [0.15, 0.2) is 97.2 Å². The van der Waals surface area contributed by atoms with Crippen molar-refractivity contribution >= 4 is 34.6 Å². The van der Waals surface area contributed by atoms with Gasteiger partial charge in [-0.1, -0.05) is 54.6 Å². The third-order valence-corrected chi connectivity index (χ3v) is 4.71. The molecule has 31 heavy (non-hydrogen) atoms. The van der Waals surface area contributed by atoms with Gasteiger partial charge in [0.2, 0.25) is 0 Å². The Hall–Kier alpha value is -4.18. The van der Waals surface area contributed by atoms with E-state index in [4.69, 9.17) is 4.74 Å². The van der Waals surface area contributed by atoms with Gasteiger partial charge in [-0.3, -0.25) is 9.59 Å². The van der Waals surface area contributed by atoms with Crippen molar-refractivity contribution in [1.29, 1.82) is 0 Å². The van der Waals surface area contributed by atoms with Crippen LogP contribution in [-0.2, 0) is 9.59 Å². The molecule has 0 saturated carbocycles. The molecule has 0 saturated heterocycles. The summed E-state index contributed by atoms with van der Waals surface area (Å²) in [5.41, 5.74) is 2.77. The molecule has 0 aliphatic rings. The highest BCUT2D eigenvalue weighted by Gasteiger charge is 2.04. The zero-order valence-corrected chi connectivity index (χ0v) is 16.8. The van der Waals surface area contributed by atoms with E-state index in [1.54, 1.807) is 12.2 Å². The SMILES string of the molecule is O=C(/C=C/c1ccc(Oc2ccccc2)cc1)CC(=O)/C=C/c1ccc2cc[nH]c2c1. The van der Waals surface area contributed by atoms with Gasteiger partial charge in [-0.25, -0.2) is 0 Å². The third-order valence-electron chi connectivity index (χ3n) is 4.71. The van der Waals surface area contributed by atoms with Crippen LogP contribution in [0.2, 0.25) is 0 Å². The molecule has 4 heteroatoms. The Balaban J connectivity index is 1.29. The van der Waals surface area contributed by atoms with Crippen molar-refractivity contribution in [1.82, 2.24) is 4.98 Å². The maximum atomic E-state index is 12.1. The molecular weight excluding hydrogens is 386 g/mol. The molecule has 3 aromatic carbocycles. The first kappa shape index (κ1) is 20.1. The second-order valence-electron chi connectivity index (χ2n) is 7.08. The first-order valence-electron chi connectivity index (χ1n) is 9.98. The van der Waals surface area contributed by atoms with Crippen LogP contribution in [0.1, 0.15) is 17.5 Å². The molecule has 1 N–H and O–H groups in total. The molecule has 0 aliphatic carbocycles. The number of para-hydroxylation sites is 1. The second-order valence-corrected chi connectivity index (χ2v) is 7.08. The number of allylic oxidation sites excluding steroid dienone is 2. The molecule has 0 spiro atoms. The Labute approximate surface area is 180 Å². The van der Waals surface area contributed by atoms with E-state index in [0.29, 0.717) is 5.75 Å². The van der Waals surface area contributed by atoms with Crippen LogP contribution in [0.3, 0.4) is 0 Å². The molecule has 0 fully saturated rings. The fourth-order valence-electron chi connectivity index (χ4n) is 3.11. The molecule has 0 aliphatic heterocycles. The van der Waals surface area contributed by atoms with Gasteiger partial charge in [0.05, 0.1) is 6.42 Å². The number of fused-ring (bicyclic) bond motifs is 1. The van der Waals surface area contributed by atoms with Crippen LogP contribution >= 0.6 is 0 Å². The minimum Gasteiger partial charge on any atom is -0.457 e. The lowest BCUT2D eigenvalue weighted by molar-refractivity contribution is -0.121. The molecule has 0 amide bonds. The van der Waals surface area contributed by atoms with Crippen molar-refractivity contribution in [2.45, 2.75) is 6.42 Å². The lowest BCUT2D eigenvalue weighted by Gasteiger charge is -2.05. The average molecular weight is 407 g/mol. The van der Waals surface area contributed by atoms with Crippen LogP contribution in [0, 0.1) is 0 Å². The zero-order valence-electron chi connectivity index (χ0n) is 16.8. The Kier molecular flexibility index (Phi) is 6.19. The molecule has 0 unspecified atom stereocenters. The molecular formula is C27H21NO3. The number of aromatic amines is 1. The topological polar surface area (TPSA) is 59.2 Å². The van der Waals surface area contributed by atoms with Crippen molar-refractivity contribution in [3.8, 4) is 11.5 Å². The van der Waals surface area contributed by atoms with E-state index in [1.165, 1.54) is 12.2 Å². The van der Waals surface area contributed by atoms with Gasteiger partial charge in [0, 0.05) is 11.7 Å². The van der Waals surface area contributed by atoms with Crippen LogP contribution in [0.25, 0.3) is 23.1 Å². The predicted molar refractivity (Wildman–Crippen MR) is 124 cm³/mol. The molecule has 0 bridgehead atoms. The molecule has 1 aromatic heterocycles. The summed E-state index contributed by atoms with van der Waals surface area (Å²) in [6, 6.07) is 24.8. The zero-order chi connectivity index (χ0) is 21.5. The summed E-state index contributed by atoms with van der Waals surface area (Å²) in [5.74, 6) is 1.01. The van der Waals surface area contributed by atoms with Gasteiger partial charge in [-0.05, 0) is 65.1 Å². The first-order valence-corrected chi connectivity index (χ1v) is 9.98. The van der Waals surface area contributed by atoms with E-state index >= 15 is 0 Å².